The number of hydrogen-bond donors (Lipinski definition) is 2. The molecule has 0 saturated carbocycles. The fraction of sp³-hybridized carbons (Fsp3) is 0.286. The van der Waals surface area contributed by atoms with Crippen molar-refractivity contribution in [3.8, 4) is 11.5 Å². The molecule has 0 fully saturated rings. The Morgan fingerprint density at radius 1 is 1.33 bits per heavy atom. The van der Waals surface area contributed by atoms with Gasteiger partial charge in [-0.15, -0.1) is 0 Å². The molecule has 0 bridgehead atoms. The zero-order valence-corrected chi connectivity index (χ0v) is 11.7. The summed E-state index contributed by atoms with van der Waals surface area (Å²) >= 11 is 0. The molecule has 3 rings (SSSR count). The number of ether oxygens (including phenoxy) is 2. The molecule has 0 atom stereocenters. The fourth-order valence-corrected chi connectivity index (χ4v) is 2.39. The predicted molar refractivity (Wildman–Crippen MR) is 79.4 cm³/mol. The molecule has 7 nitrogen and oxygen atoms in total. The average molecular weight is 287 g/mol. The van der Waals surface area contributed by atoms with E-state index in [1.165, 1.54) is 6.33 Å². The van der Waals surface area contributed by atoms with Crippen LogP contribution in [0.1, 0.15) is 5.56 Å². The van der Waals surface area contributed by atoms with Crippen LogP contribution in [0, 0.1) is 0 Å². The Labute approximate surface area is 122 Å². The highest BCUT2D eigenvalue weighted by molar-refractivity contribution is 5.64. The van der Waals surface area contributed by atoms with Crippen molar-refractivity contribution in [1.82, 2.24) is 9.97 Å². The first-order valence-electron chi connectivity index (χ1n) is 6.64. The van der Waals surface area contributed by atoms with Crippen LogP contribution in [0.5, 0.6) is 11.5 Å². The number of anilines is 2. The molecule has 3 N–H and O–H groups in total. The number of rotatable bonds is 3. The van der Waals surface area contributed by atoms with E-state index in [0.29, 0.717) is 37.1 Å². The smallest absolute Gasteiger partial charge is 0.205 e. The lowest BCUT2D eigenvalue weighted by Gasteiger charge is -2.23. The lowest BCUT2D eigenvalue weighted by molar-refractivity contribution is 0.331. The van der Waals surface area contributed by atoms with Crippen LogP contribution < -0.4 is 25.6 Å². The second-order valence-corrected chi connectivity index (χ2v) is 4.60. The van der Waals surface area contributed by atoms with E-state index < -0.39 is 0 Å². The number of hydrogen-bond acceptors (Lipinski definition) is 7. The highest BCUT2D eigenvalue weighted by Crippen LogP contribution is 2.34. The largest absolute Gasteiger partial charge is 0.491 e. The SMILES string of the molecule is COc1c(NN)ncnc1N1CCOc2ccccc2C1. The second kappa shape index (κ2) is 5.84. The third-order valence-electron chi connectivity index (χ3n) is 3.38. The van der Waals surface area contributed by atoms with Crippen LogP contribution in [-0.2, 0) is 6.54 Å². The van der Waals surface area contributed by atoms with Crippen LogP contribution in [0.4, 0.5) is 11.6 Å². The lowest BCUT2D eigenvalue weighted by atomic mass is 10.2. The molecule has 1 aliphatic heterocycles. The Kier molecular flexibility index (Phi) is 3.74. The lowest BCUT2D eigenvalue weighted by Crippen LogP contribution is -2.27. The Morgan fingerprint density at radius 2 is 2.19 bits per heavy atom. The van der Waals surface area contributed by atoms with E-state index in [9.17, 15) is 0 Å². The van der Waals surface area contributed by atoms with Crippen molar-refractivity contribution in [3.05, 3.63) is 36.2 Å². The van der Waals surface area contributed by atoms with E-state index in [0.717, 1.165) is 11.3 Å². The zero-order valence-electron chi connectivity index (χ0n) is 11.7. The van der Waals surface area contributed by atoms with Gasteiger partial charge in [-0.05, 0) is 6.07 Å². The molecule has 0 aliphatic carbocycles. The highest BCUT2D eigenvalue weighted by Gasteiger charge is 2.21. The summed E-state index contributed by atoms with van der Waals surface area (Å²) in [4.78, 5) is 10.5. The summed E-state index contributed by atoms with van der Waals surface area (Å²) < 4.78 is 11.2. The number of aromatic nitrogens is 2. The first-order chi connectivity index (χ1) is 10.3. The molecule has 2 heterocycles. The van der Waals surface area contributed by atoms with E-state index in [4.69, 9.17) is 15.3 Å². The minimum Gasteiger partial charge on any atom is -0.491 e. The van der Waals surface area contributed by atoms with E-state index in [1.807, 2.05) is 24.3 Å². The quantitative estimate of drug-likeness (QED) is 0.647. The number of nitrogens with two attached hydrogens (primary N) is 1. The molecule has 7 heteroatoms. The normalized spacial score (nSPS) is 13.9. The molecule has 0 spiro atoms. The first kappa shape index (κ1) is 13.4. The maximum Gasteiger partial charge on any atom is 0.205 e. The Bertz CT molecular complexity index is 635. The third kappa shape index (κ3) is 2.55. The van der Waals surface area contributed by atoms with Crippen molar-refractivity contribution in [2.75, 3.05) is 30.6 Å². The van der Waals surface area contributed by atoms with E-state index >= 15 is 0 Å². The molecule has 1 aromatic carbocycles. The molecular weight excluding hydrogens is 270 g/mol. The van der Waals surface area contributed by atoms with E-state index in [2.05, 4.69) is 20.3 Å². The third-order valence-corrected chi connectivity index (χ3v) is 3.38. The fourth-order valence-electron chi connectivity index (χ4n) is 2.39. The minimum atomic E-state index is 0.459. The summed E-state index contributed by atoms with van der Waals surface area (Å²) in [6.45, 7) is 1.97. The van der Waals surface area contributed by atoms with Gasteiger partial charge in [0.2, 0.25) is 5.75 Å². The molecular formula is C14H17N5O2. The van der Waals surface area contributed by atoms with Crippen LogP contribution in [0.3, 0.4) is 0 Å². The van der Waals surface area contributed by atoms with Crippen molar-refractivity contribution in [3.63, 3.8) is 0 Å². The van der Waals surface area contributed by atoms with Gasteiger partial charge in [0.15, 0.2) is 11.6 Å². The van der Waals surface area contributed by atoms with E-state index in [-0.39, 0.29) is 0 Å². The summed E-state index contributed by atoms with van der Waals surface area (Å²) in [5.41, 5.74) is 3.64. The Balaban J connectivity index is 1.98. The van der Waals surface area contributed by atoms with Crippen molar-refractivity contribution in [1.29, 1.82) is 0 Å². The molecule has 110 valence electrons. The van der Waals surface area contributed by atoms with Crippen LogP contribution in [-0.4, -0.2) is 30.2 Å². The van der Waals surface area contributed by atoms with Gasteiger partial charge in [-0.1, -0.05) is 18.2 Å². The molecule has 1 aromatic heterocycles. The number of nitrogens with zero attached hydrogens (tertiary/aromatic N) is 3. The van der Waals surface area contributed by atoms with Crippen molar-refractivity contribution >= 4 is 11.6 Å². The number of nitrogen functional groups attached to an aromatic ring is 1. The summed E-state index contributed by atoms with van der Waals surface area (Å²) in [6, 6.07) is 7.98. The van der Waals surface area contributed by atoms with Gasteiger partial charge in [0.1, 0.15) is 18.7 Å². The van der Waals surface area contributed by atoms with Gasteiger partial charge in [0.25, 0.3) is 0 Å². The number of methoxy groups -OCH3 is 1. The topological polar surface area (TPSA) is 85.5 Å². The monoisotopic (exact) mass is 287 g/mol. The van der Waals surface area contributed by atoms with Crippen LogP contribution >= 0.6 is 0 Å². The second-order valence-electron chi connectivity index (χ2n) is 4.60. The van der Waals surface area contributed by atoms with Crippen LogP contribution in [0.2, 0.25) is 0 Å². The maximum absolute atomic E-state index is 5.76. The van der Waals surface area contributed by atoms with Crippen LogP contribution in [0.25, 0.3) is 0 Å². The molecule has 0 saturated heterocycles. The number of fused-ring (bicyclic) bond motifs is 1. The van der Waals surface area contributed by atoms with Gasteiger partial charge in [0.05, 0.1) is 13.7 Å². The van der Waals surface area contributed by atoms with Gasteiger partial charge < -0.3 is 19.8 Å². The number of para-hydroxylation sites is 1. The molecule has 1 aliphatic rings. The average Bonchev–Trinajstić information content (AvgIpc) is 2.76. The zero-order chi connectivity index (χ0) is 14.7. The Morgan fingerprint density at radius 3 is 3.00 bits per heavy atom. The summed E-state index contributed by atoms with van der Waals surface area (Å²) in [6.07, 6.45) is 1.46. The van der Waals surface area contributed by atoms with Gasteiger partial charge in [-0.25, -0.2) is 15.8 Å². The van der Waals surface area contributed by atoms with Crippen LogP contribution in [0.15, 0.2) is 30.6 Å². The van der Waals surface area contributed by atoms with Crippen molar-refractivity contribution < 1.29 is 9.47 Å². The van der Waals surface area contributed by atoms with Gasteiger partial charge >= 0.3 is 0 Å². The molecule has 0 unspecified atom stereocenters. The number of hydrazine groups is 1. The Hall–Kier alpha value is -2.54. The number of benzene rings is 1. The molecule has 21 heavy (non-hydrogen) atoms. The summed E-state index contributed by atoms with van der Waals surface area (Å²) in [5.74, 6) is 8.06. The van der Waals surface area contributed by atoms with Crippen molar-refractivity contribution in [2.24, 2.45) is 5.84 Å². The first-order valence-corrected chi connectivity index (χ1v) is 6.64. The maximum atomic E-state index is 5.76. The van der Waals surface area contributed by atoms with Crippen molar-refractivity contribution in [2.45, 2.75) is 6.54 Å². The number of nitrogens with one attached hydrogen (secondary N) is 1. The minimum absolute atomic E-state index is 0.459. The molecule has 0 amide bonds. The summed E-state index contributed by atoms with van der Waals surface area (Å²) in [7, 11) is 1.57. The predicted octanol–water partition coefficient (Wildman–Crippen LogP) is 1.17. The molecule has 2 aromatic rings. The van der Waals surface area contributed by atoms with Gasteiger partial charge in [-0.3, -0.25) is 0 Å². The van der Waals surface area contributed by atoms with E-state index in [1.54, 1.807) is 7.11 Å². The highest BCUT2D eigenvalue weighted by atomic mass is 16.5. The van der Waals surface area contributed by atoms with Gasteiger partial charge in [0, 0.05) is 12.1 Å². The molecule has 0 radical (unpaired) electrons. The standard InChI is InChI=1S/C14H17N5O2/c1-20-12-13(18-15)16-9-17-14(12)19-6-7-21-11-5-3-2-4-10(11)8-19/h2-5,9H,6-8,15H2,1H3,(H,16,17,18). The summed E-state index contributed by atoms with van der Waals surface area (Å²) in [5, 5.41) is 0. The van der Waals surface area contributed by atoms with Gasteiger partial charge in [-0.2, -0.15) is 0 Å².